The number of phenolic OH excluding ortho intramolecular Hbond substituents is 1. The van der Waals surface area contributed by atoms with Crippen molar-refractivity contribution >= 4 is 24.8 Å². The highest BCUT2D eigenvalue weighted by atomic mass is 35.5. The lowest BCUT2D eigenvalue weighted by Gasteiger charge is -2.36. The van der Waals surface area contributed by atoms with Gasteiger partial charge in [0.25, 0.3) is 0 Å². The van der Waals surface area contributed by atoms with Crippen molar-refractivity contribution in [2.45, 2.75) is 18.9 Å². The van der Waals surface area contributed by atoms with Gasteiger partial charge in [0.1, 0.15) is 11.5 Å². The van der Waals surface area contributed by atoms with Crippen molar-refractivity contribution in [1.82, 2.24) is 10.2 Å². The van der Waals surface area contributed by atoms with Gasteiger partial charge < -0.3 is 15.2 Å². The van der Waals surface area contributed by atoms with Crippen LogP contribution in [0.25, 0.3) is 0 Å². The van der Waals surface area contributed by atoms with Crippen LogP contribution in [0, 0.1) is 5.92 Å². The lowest BCUT2D eigenvalue weighted by Crippen LogP contribution is -2.45. The number of methoxy groups -OCH3 is 1. The first-order chi connectivity index (χ1) is 9.31. The molecule has 1 saturated carbocycles. The van der Waals surface area contributed by atoms with Crippen LogP contribution < -0.4 is 10.1 Å². The molecule has 3 rings (SSSR count). The molecule has 0 amide bonds. The zero-order chi connectivity index (χ0) is 13.2. The Kier molecular flexibility index (Phi) is 7.07. The number of benzene rings is 1. The Balaban J connectivity index is 0.00000110. The van der Waals surface area contributed by atoms with Crippen molar-refractivity contribution in [3.63, 3.8) is 0 Å². The summed E-state index contributed by atoms with van der Waals surface area (Å²) in [6.45, 7) is 4.13. The van der Waals surface area contributed by atoms with Gasteiger partial charge in [-0.05, 0) is 30.9 Å². The average molecular weight is 335 g/mol. The molecule has 1 aliphatic heterocycles. The molecular weight excluding hydrogens is 311 g/mol. The summed E-state index contributed by atoms with van der Waals surface area (Å²) in [4.78, 5) is 2.49. The predicted molar refractivity (Wildman–Crippen MR) is 89.1 cm³/mol. The highest BCUT2D eigenvalue weighted by Gasteiger charge is 2.39. The number of ether oxygens (including phenoxy) is 1. The van der Waals surface area contributed by atoms with E-state index >= 15 is 0 Å². The van der Waals surface area contributed by atoms with Crippen LogP contribution >= 0.6 is 24.8 Å². The molecule has 1 aliphatic carbocycles. The largest absolute Gasteiger partial charge is 0.507 e. The Bertz CT molecular complexity index is 449. The Morgan fingerprint density at radius 1 is 1.24 bits per heavy atom. The topological polar surface area (TPSA) is 44.7 Å². The maximum Gasteiger partial charge on any atom is 0.127 e. The SMILES string of the molecule is COc1cccc(O)c1[C@@H](C1CC1)N1CCNCC1.Cl.Cl. The molecule has 0 unspecified atom stereocenters. The highest BCUT2D eigenvalue weighted by Crippen LogP contribution is 2.49. The van der Waals surface area contributed by atoms with Gasteiger partial charge in [0.15, 0.2) is 0 Å². The van der Waals surface area contributed by atoms with Crippen molar-refractivity contribution in [1.29, 1.82) is 0 Å². The molecule has 0 spiro atoms. The van der Waals surface area contributed by atoms with Crippen molar-refractivity contribution in [3.05, 3.63) is 23.8 Å². The van der Waals surface area contributed by atoms with Crippen LogP contribution in [0.1, 0.15) is 24.4 Å². The smallest absolute Gasteiger partial charge is 0.127 e. The second-order valence-electron chi connectivity index (χ2n) is 5.46. The van der Waals surface area contributed by atoms with E-state index in [2.05, 4.69) is 10.2 Å². The third kappa shape index (κ3) is 3.95. The number of nitrogens with one attached hydrogen (secondary N) is 1. The summed E-state index contributed by atoms with van der Waals surface area (Å²) in [5.74, 6) is 1.85. The van der Waals surface area contributed by atoms with Crippen molar-refractivity contribution in [3.8, 4) is 11.5 Å². The van der Waals surface area contributed by atoms with Crippen LogP contribution in [0.4, 0.5) is 0 Å². The number of piperazine rings is 1. The minimum absolute atomic E-state index is 0. The standard InChI is InChI=1S/C15H22N2O2.2ClH/c1-19-13-4-2-3-12(18)14(13)15(11-5-6-11)17-9-7-16-8-10-17;;/h2-4,11,15-16,18H,5-10H2,1H3;2*1H/t15-;;/m1../s1. The van der Waals surface area contributed by atoms with Gasteiger partial charge in [-0.3, -0.25) is 4.90 Å². The highest BCUT2D eigenvalue weighted by molar-refractivity contribution is 5.85. The van der Waals surface area contributed by atoms with Crippen molar-refractivity contribution < 1.29 is 9.84 Å². The summed E-state index contributed by atoms with van der Waals surface area (Å²) < 4.78 is 5.47. The number of rotatable bonds is 4. The van der Waals surface area contributed by atoms with Gasteiger partial charge in [0.05, 0.1) is 12.7 Å². The fraction of sp³-hybridized carbons (Fsp3) is 0.600. The van der Waals surface area contributed by atoms with Gasteiger partial charge in [-0.1, -0.05) is 6.07 Å². The molecule has 1 heterocycles. The van der Waals surface area contributed by atoms with E-state index in [0.29, 0.717) is 17.7 Å². The molecule has 4 nitrogen and oxygen atoms in total. The number of nitrogens with zero attached hydrogens (tertiary/aromatic N) is 1. The Morgan fingerprint density at radius 2 is 1.90 bits per heavy atom. The quantitative estimate of drug-likeness (QED) is 0.888. The number of hydrogen-bond acceptors (Lipinski definition) is 4. The van der Waals surface area contributed by atoms with Gasteiger partial charge >= 0.3 is 0 Å². The van der Waals surface area contributed by atoms with E-state index in [1.54, 1.807) is 13.2 Å². The molecule has 2 fully saturated rings. The summed E-state index contributed by atoms with van der Waals surface area (Å²) in [6, 6.07) is 5.87. The van der Waals surface area contributed by atoms with Crippen LogP contribution in [0.3, 0.4) is 0 Å². The van der Waals surface area contributed by atoms with Crippen LogP contribution in [-0.4, -0.2) is 43.3 Å². The molecule has 0 radical (unpaired) electrons. The molecule has 0 aromatic heterocycles. The van der Waals surface area contributed by atoms with E-state index in [-0.39, 0.29) is 24.8 Å². The number of halogens is 2. The van der Waals surface area contributed by atoms with Crippen LogP contribution in [0.5, 0.6) is 11.5 Å². The average Bonchev–Trinajstić information content (AvgIpc) is 3.27. The van der Waals surface area contributed by atoms with Crippen LogP contribution in [0.15, 0.2) is 18.2 Å². The molecule has 2 N–H and O–H groups in total. The van der Waals surface area contributed by atoms with E-state index in [0.717, 1.165) is 37.5 Å². The monoisotopic (exact) mass is 334 g/mol. The zero-order valence-corrected chi connectivity index (χ0v) is 13.9. The van der Waals surface area contributed by atoms with E-state index in [4.69, 9.17) is 4.74 Å². The van der Waals surface area contributed by atoms with Gasteiger partial charge in [-0.2, -0.15) is 0 Å². The maximum absolute atomic E-state index is 10.3. The molecule has 1 aromatic rings. The minimum Gasteiger partial charge on any atom is -0.507 e. The summed E-state index contributed by atoms with van der Waals surface area (Å²) in [5, 5.41) is 13.7. The molecular formula is C15H24Cl2N2O2. The maximum atomic E-state index is 10.3. The fourth-order valence-electron chi connectivity index (χ4n) is 3.10. The third-order valence-electron chi connectivity index (χ3n) is 4.17. The summed E-state index contributed by atoms with van der Waals surface area (Å²) in [6.07, 6.45) is 2.51. The summed E-state index contributed by atoms with van der Waals surface area (Å²) in [7, 11) is 1.68. The molecule has 1 atom stereocenters. The fourth-order valence-corrected chi connectivity index (χ4v) is 3.10. The van der Waals surface area contributed by atoms with E-state index < -0.39 is 0 Å². The summed E-state index contributed by atoms with van der Waals surface area (Å²) in [5.41, 5.74) is 0.981. The molecule has 21 heavy (non-hydrogen) atoms. The van der Waals surface area contributed by atoms with Gasteiger partial charge in [-0.15, -0.1) is 24.8 Å². The van der Waals surface area contributed by atoms with Gasteiger partial charge in [0, 0.05) is 32.2 Å². The van der Waals surface area contributed by atoms with Gasteiger partial charge in [0.2, 0.25) is 0 Å². The molecule has 2 aliphatic rings. The normalized spacial score (nSPS) is 20.0. The van der Waals surface area contributed by atoms with Crippen molar-refractivity contribution in [2.24, 2.45) is 5.92 Å². The van der Waals surface area contributed by atoms with Crippen molar-refractivity contribution in [2.75, 3.05) is 33.3 Å². The molecule has 1 saturated heterocycles. The first kappa shape index (κ1) is 18.4. The first-order valence-electron chi connectivity index (χ1n) is 7.12. The first-order valence-corrected chi connectivity index (χ1v) is 7.12. The van der Waals surface area contributed by atoms with E-state index in [1.165, 1.54) is 12.8 Å². The molecule has 6 heteroatoms. The molecule has 1 aromatic carbocycles. The zero-order valence-electron chi connectivity index (χ0n) is 12.2. The lowest BCUT2D eigenvalue weighted by atomic mass is 9.97. The van der Waals surface area contributed by atoms with Gasteiger partial charge in [-0.25, -0.2) is 0 Å². The Labute approximate surface area is 138 Å². The molecule has 120 valence electrons. The number of aromatic hydroxyl groups is 1. The Hall–Kier alpha value is -0.680. The van der Waals surface area contributed by atoms with Crippen LogP contribution in [0.2, 0.25) is 0 Å². The molecule has 0 bridgehead atoms. The van der Waals surface area contributed by atoms with E-state index in [1.807, 2.05) is 12.1 Å². The third-order valence-corrected chi connectivity index (χ3v) is 4.17. The van der Waals surface area contributed by atoms with E-state index in [9.17, 15) is 5.11 Å². The lowest BCUT2D eigenvalue weighted by molar-refractivity contribution is 0.151. The van der Waals surface area contributed by atoms with Crippen LogP contribution in [-0.2, 0) is 0 Å². The minimum atomic E-state index is 0. The second-order valence-corrected chi connectivity index (χ2v) is 5.46. The predicted octanol–water partition coefficient (Wildman–Crippen LogP) is 2.60. The second kappa shape index (κ2) is 8.08. The summed E-state index contributed by atoms with van der Waals surface area (Å²) >= 11 is 0. The Morgan fingerprint density at radius 3 is 2.48 bits per heavy atom. The number of hydrogen-bond donors (Lipinski definition) is 2. The number of phenols is 1.